The molecule has 2 rings (SSSR count). The highest BCUT2D eigenvalue weighted by molar-refractivity contribution is 5.48. The number of benzene rings is 1. The van der Waals surface area contributed by atoms with Crippen LogP contribution in [0.15, 0.2) is 18.2 Å². The topological polar surface area (TPSA) is 52.4 Å². The number of fused-ring (bicyclic) bond motifs is 1. The molecule has 0 fully saturated rings. The van der Waals surface area contributed by atoms with Gasteiger partial charge in [-0.1, -0.05) is 0 Å². The summed E-state index contributed by atoms with van der Waals surface area (Å²) in [5.74, 6) is 0.664. The van der Waals surface area contributed by atoms with Crippen molar-refractivity contribution in [3.63, 3.8) is 0 Å². The molecular formula is C11H11NO3. The Hall–Kier alpha value is -1.58. The smallest absolute Gasteiger partial charge is 0.269 e. The fraction of sp³-hybridized carbons (Fsp3) is 0.364. The Morgan fingerprint density at radius 1 is 1.53 bits per heavy atom. The van der Waals surface area contributed by atoms with Gasteiger partial charge in [0.2, 0.25) is 0 Å². The molecule has 0 unspecified atom stereocenters. The molecule has 1 aliphatic heterocycles. The number of hydrogen-bond donors (Lipinski definition) is 0. The molecule has 0 amide bonds. The summed E-state index contributed by atoms with van der Waals surface area (Å²) in [7, 11) is 0. The zero-order valence-electron chi connectivity index (χ0n) is 8.61. The molecule has 1 heterocycles. The molecule has 4 nitrogen and oxygen atoms in total. The normalized spacial score (nSPS) is 17.7. The maximum Gasteiger partial charge on any atom is 0.269 e. The average Bonchev–Trinajstić information content (AvgIpc) is 2.15. The summed E-state index contributed by atoms with van der Waals surface area (Å²) in [5.41, 5.74) is 0.483. The fourth-order valence-electron chi connectivity index (χ4n) is 1.50. The van der Waals surface area contributed by atoms with E-state index in [2.05, 4.69) is 6.42 Å². The minimum Gasteiger partial charge on any atom is -0.488 e. The predicted octanol–water partition coefficient (Wildman–Crippen LogP) is 2.59. The van der Waals surface area contributed by atoms with E-state index in [1.54, 1.807) is 6.07 Å². The van der Waals surface area contributed by atoms with Gasteiger partial charge in [-0.05, 0) is 26.3 Å². The Balaban J connectivity index is 2.36. The van der Waals surface area contributed by atoms with Crippen LogP contribution in [0.5, 0.6) is 5.75 Å². The second kappa shape index (κ2) is 3.22. The van der Waals surface area contributed by atoms with Crippen LogP contribution in [0.2, 0.25) is 0 Å². The standard InChI is InChI=1S/C11H11NO3/c1-11(2)6-5-8-7-9(12(13)14)3-4-10(8)15-11/h3-4,7H,6H2,1-2H3. The van der Waals surface area contributed by atoms with Crippen LogP contribution in [0.25, 0.3) is 0 Å². The number of rotatable bonds is 1. The van der Waals surface area contributed by atoms with Crippen LogP contribution < -0.4 is 4.74 Å². The van der Waals surface area contributed by atoms with Crippen LogP contribution in [0, 0.1) is 16.5 Å². The molecule has 0 N–H and O–H groups in total. The molecule has 0 spiro atoms. The number of hydrogen-bond acceptors (Lipinski definition) is 3. The van der Waals surface area contributed by atoms with Gasteiger partial charge in [-0.15, -0.1) is 0 Å². The highest BCUT2D eigenvalue weighted by Crippen LogP contribution is 2.35. The van der Waals surface area contributed by atoms with Crippen molar-refractivity contribution >= 4 is 5.69 Å². The summed E-state index contributed by atoms with van der Waals surface area (Å²) in [6.07, 6.45) is 3.76. The van der Waals surface area contributed by atoms with Gasteiger partial charge in [0, 0.05) is 24.1 Å². The molecule has 2 radical (unpaired) electrons. The Morgan fingerprint density at radius 2 is 2.27 bits per heavy atom. The zero-order chi connectivity index (χ0) is 11.1. The van der Waals surface area contributed by atoms with E-state index in [0.717, 1.165) is 0 Å². The Morgan fingerprint density at radius 3 is 2.93 bits per heavy atom. The summed E-state index contributed by atoms with van der Waals surface area (Å²) in [6.45, 7) is 3.93. The van der Waals surface area contributed by atoms with Gasteiger partial charge >= 0.3 is 0 Å². The van der Waals surface area contributed by atoms with Crippen LogP contribution in [0.1, 0.15) is 25.8 Å². The Bertz CT molecular complexity index is 412. The van der Waals surface area contributed by atoms with Gasteiger partial charge in [0.05, 0.1) is 4.92 Å². The van der Waals surface area contributed by atoms with Gasteiger partial charge in [0.15, 0.2) is 0 Å². The van der Waals surface area contributed by atoms with Gasteiger partial charge in [-0.3, -0.25) is 10.1 Å². The fourth-order valence-corrected chi connectivity index (χ4v) is 1.50. The molecule has 78 valence electrons. The third-order valence-electron chi connectivity index (χ3n) is 2.26. The van der Waals surface area contributed by atoms with Crippen molar-refractivity contribution in [3.05, 3.63) is 40.3 Å². The van der Waals surface area contributed by atoms with Crippen molar-refractivity contribution < 1.29 is 9.66 Å². The minimum absolute atomic E-state index is 0.0737. The van der Waals surface area contributed by atoms with Gasteiger partial charge in [-0.25, -0.2) is 0 Å². The average molecular weight is 205 g/mol. The van der Waals surface area contributed by atoms with E-state index in [0.29, 0.717) is 17.7 Å². The summed E-state index contributed by atoms with van der Waals surface area (Å²) in [6, 6.07) is 4.56. The van der Waals surface area contributed by atoms with E-state index in [4.69, 9.17) is 4.74 Å². The first kappa shape index (κ1) is 9.96. The van der Waals surface area contributed by atoms with E-state index in [1.165, 1.54) is 12.1 Å². The number of nitrogens with zero attached hydrogens (tertiary/aromatic N) is 1. The van der Waals surface area contributed by atoms with Crippen molar-refractivity contribution in [1.82, 2.24) is 0 Å². The third kappa shape index (κ3) is 1.93. The molecule has 15 heavy (non-hydrogen) atoms. The van der Waals surface area contributed by atoms with Crippen molar-refractivity contribution in [2.75, 3.05) is 0 Å². The maximum atomic E-state index is 10.6. The van der Waals surface area contributed by atoms with E-state index in [-0.39, 0.29) is 11.3 Å². The largest absolute Gasteiger partial charge is 0.488 e. The molecule has 1 aromatic rings. The molecule has 0 bridgehead atoms. The monoisotopic (exact) mass is 205 g/mol. The van der Waals surface area contributed by atoms with Crippen molar-refractivity contribution in [3.8, 4) is 5.75 Å². The first-order chi connectivity index (χ1) is 6.98. The molecule has 0 saturated carbocycles. The number of nitro groups is 1. The van der Waals surface area contributed by atoms with Crippen molar-refractivity contribution in [2.45, 2.75) is 25.9 Å². The van der Waals surface area contributed by atoms with Gasteiger partial charge in [0.25, 0.3) is 5.69 Å². The lowest BCUT2D eigenvalue weighted by Crippen LogP contribution is -2.31. The molecule has 1 aromatic carbocycles. The summed E-state index contributed by atoms with van der Waals surface area (Å²) < 4.78 is 5.67. The molecule has 0 aliphatic carbocycles. The van der Waals surface area contributed by atoms with Crippen molar-refractivity contribution in [2.24, 2.45) is 0 Å². The third-order valence-corrected chi connectivity index (χ3v) is 2.26. The number of non-ortho nitro benzene ring substituents is 1. The second-order valence-corrected chi connectivity index (χ2v) is 4.15. The minimum atomic E-state index is -0.415. The lowest BCUT2D eigenvalue weighted by Gasteiger charge is -2.31. The first-order valence-electron chi connectivity index (χ1n) is 4.69. The van der Waals surface area contributed by atoms with Crippen LogP contribution in [0.3, 0.4) is 0 Å². The summed E-state index contributed by atoms with van der Waals surface area (Å²) >= 11 is 0. The Labute approximate surface area is 88.0 Å². The van der Waals surface area contributed by atoms with E-state index < -0.39 is 4.92 Å². The molecular weight excluding hydrogens is 194 g/mol. The molecule has 1 aliphatic rings. The van der Waals surface area contributed by atoms with Gasteiger partial charge < -0.3 is 4.74 Å². The summed E-state index contributed by atoms with van der Waals surface area (Å²) in [5, 5.41) is 10.6. The van der Waals surface area contributed by atoms with E-state index >= 15 is 0 Å². The van der Waals surface area contributed by atoms with Crippen LogP contribution in [-0.4, -0.2) is 10.5 Å². The quantitative estimate of drug-likeness (QED) is 0.523. The van der Waals surface area contributed by atoms with Crippen LogP contribution >= 0.6 is 0 Å². The number of ether oxygens (including phenoxy) is 1. The first-order valence-corrected chi connectivity index (χ1v) is 4.69. The lowest BCUT2D eigenvalue weighted by atomic mass is 9.94. The lowest BCUT2D eigenvalue weighted by molar-refractivity contribution is -0.384. The maximum absolute atomic E-state index is 10.6. The molecule has 4 heteroatoms. The highest BCUT2D eigenvalue weighted by Gasteiger charge is 2.28. The summed E-state index contributed by atoms with van der Waals surface area (Å²) in [4.78, 5) is 10.1. The number of nitro benzene ring substituents is 1. The highest BCUT2D eigenvalue weighted by atomic mass is 16.6. The van der Waals surface area contributed by atoms with Crippen LogP contribution in [0.4, 0.5) is 5.69 Å². The predicted molar refractivity (Wildman–Crippen MR) is 54.8 cm³/mol. The molecule has 0 aromatic heterocycles. The SMILES string of the molecule is CC1(C)C[C]c2cc([N+](=O)[O-])ccc2O1. The van der Waals surface area contributed by atoms with Gasteiger partial charge in [-0.2, -0.15) is 0 Å². The molecule has 0 saturated heterocycles. The zero-order valence-corrected chi connectivity index (χ0v) is 8.61. The second-order valence-electron chi connectivity index (χ2n) is 4.15. The molecule has 0 atom stereocenters. The van der Waals surface area contributed by atoms with E-state index in [9.17, 15) is 10.1 Å². The van der Waals surface area contributed by atoms with Crippen LogP contribution in [-0.2, 0) is 0 Å². The van der Waals surface area contributed by atoms with Crippen molar-refractivity contribution in [1.29, 1.82) is 0 Å². The van der Waals surface area contributed by atoms with Gasteiger partial charge in [0.1, 0.15) is 11.4 Å². The van der Waals surface area contributed by atoms with E-state index in [1.807, 2.05) is 13.8 Å². The Kier molecular flexibility index (Phi) is 2.14.